The van der Waals surface area contributed by atoms with E-state index < -0.39 is 29.4 Å². The molecule has 5 nitrogen and oxygen atoms in total. The van der Waals surface area contributed by atoms with Crippen LogP contribution in [0.25, 0.3) is 0 Å². The summed E-state index contributed by atoms with van der Waals surface area (Å²) in [4.78, 5) is 21.8. The van der Waals surface area contributed by atoms with E-state index in [2.05, 4.69) is 15.3 Å². The highest BCUT2D eigenvalue weighted by Gasteiger charge is 2.34. The fourth-order valence-corrected chi connectivity index (χ4v) is 3.26. The molecule has 2 amide bonds. The van der Waals surface area contributed by atoms with Gasteiger partial charge in [0.05, 0.1) is 12.0 Å². The van der Waals surface area contributed by atoms with E-state index in [0.717, 1.165) is 29.1 Å². The first kappa shape index (κ1) is 16.3. The lowest BCUT2D eigenvalue weighted by atomic mass is 9.96. The van der Waals surface area contributed by atoms with Gasteiger partial charge in [0.2, 0.25) is 0 Å². The molecule has 0 fully saturated rings. The van der Waals surface area contributed by atoms with Crippen molar-refractivity contribution >= 4 is 11.7 Å². The van der Waals surface area contributed by atoms with Crippen molar-refractivity contribution in [2.45, 2.75) is 12.5 Å². The molecule has 0 saturated heterocycles. The molecule has 0 saturated carbocycles. The second kappa shape index (κ2) is 6.59. The summed E-state index contributed by atoms with van der Waals surface area (Å²) >= 11 is 0. The van der Waals surface area contributed by atoms with Crippen LogP contribution >= 0.6 is 0 Å². The van der Waals surface area contributed by atoms with Crippen LogP contribution in [0, 0.1) is 11.6 Å². The molecular formula is C19H16F2N4O. The standard InChI is InChI=1S/C19H16F2N4O/c20-13-7-4-8-14(21)16(13)24-19(26)25-10-9-15-17(23-11-22-15)18(25)12-5-2-1-3-6-12/h1-8,11,18H,9-10H2,(H,22,23)(H,24,26)/t18-/m1/s1. The van der Waals surface area contributed by atoms with Gasteiger partial charge in [0.1, 0.15) is 23.4 Å². The van der Waals surface area contributed by atoms with Crippen LogP contribution in [-0.2, 0) is 6.42 Å². The molecule has 7 heteroatoms. The van der Waals surface area contributed by atoms with Gasteiger partial charge in [0.15, 0.2) is 0 Å². The highest BCUT2D eigenvalue weighted by molar-refractivity contribution is 5.90. The van der Waals surface area contributed by atoms with Gasteiger partial charge in [-0.1, -0.05) is 36.4 Å². The maximum absolute atomic E-state index is 13.9. The zero-order valence-electron chi connectivity index (χ0n) is 13.7. The van der Waals surface area contributed by atoms with Crippen LogP contribution in [0.2, 0.25) is 0 Å². The topological polar surface area (TPSA) is 61.0 Å². The summed E-state index contributed by atoms with van der Waals surface area (Å²) in [5.74, 6) is -1.63. The molecule has 1 aliphatic heterocycles. The van der Waals surface area contributed by atoms with E-state index in [4.69, 9.17) is 0 Å². The highest BCUT2D eigenvalue weighted by Crippen LogP contribution is 2.34. The zero-order chi connectivity index (χ0) is 18.1. The van der Waals surface area contributed by atoms with E-state index in [1.807, 2.05) is 30.3 Å². The minimum Gasteiger partial charge on any atom is -0.348 e. The molecule has 1 atom stereocenters. The van der Waals surface area contributed by atoms with Crippen molar-refractivity contribution in [1.82, 2.24) is 14.9 Å². The van der Waals surface area contributed by atoms with Gasteiger partial charge in [-0.3, -0.25) is 0 Å². The summed E-state index contributed by atoms with van der Waals surface area (Å²) in [6, 6.07) is 11.9. The molecule has 1 aliphatic rings. The molecule has 2 N–H and O–H groups in total. The fourth-order valence-electron chi connectivity index (χ4n) is 3.26. The van der Waals surface area contributed by atoms with Gasteiger partial charge in [-0.05, 0) is 17.7 Å². The van der Waals surface area contributed by atoms with Crippen LogP contribution < -0.4 is 5.32 Å². The molecule has 0 spiro atoms. The van der Waals surface area contributed by atoms with E-state index >= 15 is 0 Å². The summed E-state index contributed by atoms with van der Waals surface area (Å²) in [6.45, 7) is 0.399. The average Bonchev–Trinajstić information content (AvgIpc) is 3.13. The number of nitrogens with zero attached hydrogens (tertiary/aromatic N) is 2. The largest absolute Gasteiger partial charge is 0.348 e. The van der Waals surface area contributed by atoms with Crippen LogP contribution in [-0.4, -0.2) is 27.4 Å². The quantitative estimate of drug-likeness (QED) is 0.734. The first-order valence-corrected chi connectivity index (χ1v) is 8.24. The minimum atomic E-state index is -0.813. The minimum absolute atomic E-state index is 0.399. The third-order valence-electron chi connectivity index (χ3n) is 4.50. The number of imidazole rings is 1. The molecule has 2 heterocycles. The molecule has 132 valence electrons. The van der Waals surface area contributed by atoms with E-state index in [0.29, 0.717) is 13.0 Å². The number of para-hydroxylation sites is 1. The molecule has 0 bridgehead atoms. The van der Waals surface area contributed by atoms with Gasteiger partial charge in [0, 0.05) is 18.7 Å². The maximum atomic E-state index is 13.9. The van der Waals surface area contributed by atoms with Gasteiger partial charge in [-0.15, -0.1) is 0 Å². The SMILES string of the molecule is O=C(Nc1c(F)cccc1F)N1CCc2[nH]cnc2[C@H]1c1ccccc1. The number of aromatic amines is 1. The molecule has 0 aliphatic carbocycles. The lowest BCUT2D eigenvalue weighted by molar-refractivity contribution is 0.192. The van der Waals surface area contributed by atoms with Gasteiger partial charge in [-0.2, -0.15) is 0 Å². The summed E-state index contributed by atoms with van der Waals surface area (Å²) in [7, 11) is 0. The number of benzene rings is 2. The smallest absolute Gasteiger partial charge is 0.322 e. The van der Waals surface area contributed by atoms with Crippen molar-refractivity contribution in [1.29, 1.82) is 0 Å². The number of halogens is 2. The van der Waals surface area contributed by atoms with Gasteiger partial charge in [-0.25, -0.2) is 18.6 Å². The van der Waals surface area contributed by atoms with Crippen LogP contribution in [0.4, 0.5) is 19.3 Å². The Kier molecular flexibility index (Phi) is 4.12. The van der Waals surface area contributed by atoms with Crippen molar-refractivity contribution in [3.63, 3.8) is 0 Å². The number of hydrogen-bond acceptors (Lipinski definition) is 2. The van der Waals surface area contributed by atoms with E-state index in [-0.39, 0.29) is 0 Å². The average molecular weight is 354 g/mol. The van der Waals surface area contributed by atoms with E-state index in [1.165, 1.54) is 6.07 Å². The van der Waals surface area contributed by atoms with Crippen LogP contribution in [0.3, 0.4) is 0 Å². The number of urea groups is 1. The summed E-state index contributed by atoms with van der Waals surface area (Å²) in [5.41, 5.74) is 2.13. The molecular weight excluding hydrogens is 338 g/mol. The molecule has 2 aromatic carbocycles. The summed E-state index contributed by atoms with van der Waals surface area (Å²) in [6.07, 6.45) is 2.18. The number of carbonyl (C=O) groups is 1. The van der Waals surface area contributed by atoms with Gasteiger partial charge in [0.25, 0.3) is 0 Å². The molecule has 3 aromatic rings. The monoisotopic (exact) mass is 354 g/mol. The Morgan fingerprint density at radius 3 is 2.58 bits per heavy atom. The number of anilines is 1. The van der Waals surface area contributed by atoms with Crippen LogP contribution in [0.15, 0.2) is 54.9 Å². The molecule has 4 rings (SSSR count). The number of hydrogen-bond donors (Lipinski definition) is 2. The Balaban J connectivity index is 1.69. The Hall–Kier alpha value is -3.22. The number of fused-ring (bicyclic) bond motifs is 1. The third kappa shape index (κ3) is 2.81. The van der Waals surface area contributed by atoms with E-state index in [9.17, 15) is 13.6 Å². The van der Waals surface area contributed by atoms with Gasteiger partial charge < -0.3 is 15.2 Å². The maximum Gasteiger partial charge on any atom is 0.322 e. The van der Waals surface area contributed by atoms with Gasteiger partial charge >= 0.3 is 6.03 Å². The Morgan fingerprint density at radius 1 is 1.12 bits per heavy atom. The first-order chi connectivity index (χ1) is 12.6. The van der Waals surface area contributed by atoms with Crippen molar-refractivity contribution in [3.05, 3.63) is 83.4 Å². The molecule has 26 heavy (non-hydrogen) atoms. The lowest BCUT2D eigenvalue weighted by Gasteiger charge is -2.35. The number of carbonyl (C=O) groups excluding carboxylic acids is 1. The van der Waals surface area contributed by atoms with Crippen LogP contribution in [0.5, 0.6) is 0 Å². The number of H-pyrrole nitrogens is 1. The van der Waals surface area contributed by atoms with Crippen LogP contribution in [0.1, 0.15) is 23.0 Å². The number of nitrogens with one attached hydrogen (secondary N) is 2. The van der Waals surface area contributed by atoms with Crippen molar-refractivity contribution < 1.29 is 13.6 Å². The first-order valence-electron chi connectivity index (χ1n) is 8.24. The lowest BCUT2D eigenvalue weighted by Crippen LogP contribution is -2.43. The number of rotatable bonds is 2. The van der Waals surface area contributed by atoms with Crippen molar-refractivity contribution in [3.8, 4) is 0 Å². The Bertz CT molecular complexity index is 921. The molecule has 0 radical (unpaired) electrons. The van der Waals surface area contributed by atoms with Crippen molar-refractivity contribution in [2.75, 3.05) is 11.9 Å². The second-order valence-electron chi connectivity index (χ2n) is 6.05. The summed E-state index contributed by atoms with van der Waals surface area (Å²) < 4.78 is 27.8. The zero-order valence-corrected chi connectivity index (χ0v) is 13.7. The van der Waals surface area contributed by atoms with E-state index in [1.54, 1.807) is 11.2 Å². The highest BCUT2D eigenvalue weighted by atomic mass is 19.1. The Morgan fingerprint density at radius 2 is 1.85 bits per heavy atom. The molecule has 0 unspecified atom stereocenters. The second-order valence-corrected chi connectivity index (χ2v) is 6.05. The third-order valence-corrected chi connectivity index (χ3v) is 4.50. The predicted octanol–water partition coefficient (Wildman–Crippen LogP) is 3.87. The summed E-state index contributed by atoms with van der Waals surface area (Å²) in [5, 5.41) is 2.37. The molecule has 1 aromatic heterocycles. The number of amides is 2. The number of aromatic nitrogens is 2. The van der Waals surface area contributed by atoms with Crippen molar-refractivity contribution in [2.24, 2.45) is 0 Å². The normalized spacial score (nSPS) is 16.2. The Labute approximate surface area is 148 Å². The fraction of sp³-hybridized carbons (Fsp3) is 0.158. The predicted molar refractivity (Wildman–Crippen MR) is 92.7 cm³/mol.